The summed E-state index contributed by atoms with van der Waals surface area (Å²) < 4.78 is 0. The molecule has 0 saturated heterocycles. The number of nitrogens with zero attached hydrogens (tertiary/aromatic N) is 1. The second-order valence-electron chi connectivity index (χ2n) is 5.76. The first-order valence-electron chi connectivity index (χ1n) is 7.73. The molecule has 0 saturated carbocycles. The Morgan fingerprint density at radius 1 is 1.23 bits per heavy atom. The topological polar surface area (TPSA) is 92.5 Å². The van der Waals surface area contributed by atoms with E-state index in [0.29, 0.717) is 29.1 Å². The minimum Gasteiger partial charge on any atom is -0.507 e. The Morgan fingerprint density at radius 3 is 2.65 bits per heavy atom. The largest absolute Gasteiger partial charge is 0.507 e. The Kier molecular flexibility index (Phi) is 5.15. The Labute approximate surface area is 159 Å². The number of alkyl halides is 2. The lowest BCUT2D eigenvalue weighted by Gasteiger charge is -2.07. The van der Waals surface area contributed by atoms with E-state index in [-0.39, 0.29) is 34.4 Å². The number of amides is 1. The predicted molar refractivity (Wildman–Crippen MR) is 102 cm³/mol. The van der Waals surface area contributed by atoms with Gasteiger partial charge in [0.05, 0.1) is 10.8 Å². The second-order valence-corrected chi connectivity index (χ2v) is 6.41. The van der Waals surface area contributed by atoms with Gasteiger partial charge in [0.2, 0.25) is 0 Å². The molecule has 0 aromatic heterocycles. The van der Waals surface area contributed by atoms with Gasteiger partial charge < -0.3 is 10.4 Å². The van der Waals surface area contributed by atoms with Crippen LogP contribution in [0, 0.1) is 10.1 Å². The highest BCUT2D eigenvalue weighted by molar-refractivity contribution is 6.35. The third-order valence-electron chi connectivity index (χ3n) is 4.11. The van der Waals surface area contributed by atoms with Crippen molar-refractivity contribution in [3.8, 4) is 5.75 Å². The predicted octanol–water partition coefficient (Wildman–Crippen LogP) is 4.31. The molecule has 1 aliphatic rings. The minimum atomic E-state index is -0.571. The number of aromatic hydroxyl groups is 1. The van der Waals surface area contributed by atoms with Crippen LogP contribution in [0.25, 0.3) is 11.6 Å². The van der Waals surface area contributed by atoms with Crippen molar-refractivity contribution in [1.82, 2.24) is 0 Å². The van der Waals surface area contributed by atoms with Crippen molar-refractivity contribution in [3.05, 3.63) is 62.7 Å². The summed E-state index contributed by atoms with van der Waals surface area (Å²) in [6.07, 6.45) is 2.08. The van der Waals surface area contributed by atoms with Crippen LogP contribution in [0.3, 0.4) is 0 Å². The Bertz CT molecular complexity index is 941. The quantitative estimate of drug-likeness (QED) is 0.343. The number of hydrogen-bond donors (Lipinski definition) is 2. The van der Waals surface area contributed by atoms with Crippen LogP contribution in [-0.4, -0.2) is 21.8 Å². The molecule has 0 atom stereocenters. The summed E-state index contributed by atoms with van der Waals surface area (Å²) in [7, 11) is 0. The number of halogens is 2. The number of benzene rings is 2. The number of nitro groups is 1. The number of aryl methyl sites for hydroxylation is 1. The maximum Gasteiger partial charge on any atom is 0.270 e. The number of phenolic OH excluding ortho intramolecular Hbond substituents is 1. The van der Waals surface area contributed by atoms with Crippen molar-refractivity contribution in [2.45, 2.75) is 12.3 Å². The average Bonchev–Trinajstić information content (AvgIpc) is 2.92. The average molecular weight is 393 g/mol. The van der Waals surface area contributed by atoms with Gasteiger partial charge in [0.15, 0.2) is 0 Å². The van der Waals surface area contributed by atoms with E-state index in [4.69, 9.17) is 23.2 Å². The summed E-state index contributed by atoms with van der Waals surface area (Å²) in [6.45, 7) is 0. The van der Waals surface area contributed by atoms with Crippen molar-refractivity contribution in [1.29, 1.82) is 0 Å². The summed E-state index contributed by atoms with van der Waals surface area (Å²) in [6, 6.07) is 7.93. The number of nitro benzene ring substituents is 1. The van der Waals surface area contributed by atoms with Crippen LogP contribution in [0.4, 0.5) is 11.4 Å². The number of hydrogen-bond acceptors (Lipinski definition) is 4. The molecule has 0 unspecified atom stereocenters. The number of carbonyl (C=O) groups is 1. The minimum absolute atomic E-state index is 0.0909. The zero-order valence-electron chi connectivity index (χ0n) is 13.5. The Balaban J connectivity index is 2.14. The first-order chi connectivity index (χ1) is 12.4. The number of nitrogens with one attached hydrogen (secondary N) is 1. The van der Waals surface area contributed by atoms with Gasteiger partial charge in [0.1, 0.15) is 5.75 Å². The first-order valence-corrected chi connectivity index (χ1v) is 8.80. The third kappa shape index (κ3) is 3.38. The molecule has 2 aromatic rings. The lowest BCUT2D eigenvalue weighted by atomic mass is 9.99. The van der Waals surface area contributed by atoms with Crippen molar-refractivity contribution < 1.29 is 14.8 Å². The molecule has 0 radical (unpaired) electrons. The molecule has 0 aliphatic carbocycles. The second kappa shape index (κ2) is 7.35. The van der Waals surface area contributed by atoms with Crippen molar-refractivity contribution in [3.63, 3.8) is 0 Å². The molecule has 26 heavy (non-hydrogen) atoms. The van der Waals surface area contributed by atoms with Gasteiger partial charge >= 0.3 is 0 Å². The first kappa shape index (κ1) is 18.2. The molecule has 0 spiro atoms. The fourth-order valence-electron chi connectivity index (χ4n) is 2.82. The van der Waals surface area contributed by atoms with E-state index in [9.17, 15) is 20.0 Å². The summed E-state index contributed by atoms with van der Waals surface area (Å²) in [5, 5.41) is 24.2. The highest BCUT2D eigenvalue weighted by Crippen LogP contribution is 2.37. The maximum atomic E-state index is 12.3. The van der Waals surface area contributed by atoms with E-state index < -0.39 is 4.92 Å². The number of carbonyl (C=O) groups excluding carboxylic acids is 1. The van der Waals surface area contributed by atoms with E-state index in [1.54, 1.807) is 6.07 Å². The monoisotopic (exact) mass is 392 g/mol. The zero-order chi connectivity index (χ0) is 18.8. The highest BCUT2D eigenvalue weighted by atomic mass is 35.5. The molecule has 6 nitrogen and oxygen atoms in total. The molecule has 2 N–H and O–H groups in total. The third-order valence-corrected chi connectivity index (χ3v) is 4.58. The van der Waals surface area contributed by atoms with E-state index in [1.807, 2.05) is 12.1 Å². The molecule has 0 fully saturated rings. The number of non-ortho nitro benzene ring substituents is 1. The Hall–Kier alpha value is -2.57. The van der Waals surface area contributed by atoms with E-state index >= 15 is 0 Å². The van der Waals surface area contributed by atoms with Crippen LogP contribution in [0.15, 0.2) is 30.3 Å². The van der Waals surface area contributed by atoms with Crippen LogP contribution in [0.1, 0.15) is 22.3 Å². The highest BCUT2D eigenvalue weighted by Gasteiger charge is 2.25. The van der Waals surface area contributed by atoms with Gasteiger partial charge in [0, 0.05) is 46.0 Å². The van der Waals surface area contributed by atoms with Gasteiger partial charge in [-0.05, 0) is 30.2 Å². The molecule has 1 amide bonds. The molecule has 0 bridgehead atoms. The molecule has 3 rings (SSSR count). The summed E-state index contributed by atoms with van der Waals surface area (Å²) in [4.78, 5) is 22.9. The number of fused-ring (bicyclic) bond motifs is 1. The van der Waals surface area contributed by atoms with Gasteiger partial charge in [-0.25, -0.2) is 0 Å². The van der Waals surface area contributed by atoms with Crippen LogP contribution in [0.2, 0.25) is 0 Å². The molecular weight excluding hydrogens is 379 g/mol. The van der Waals surface area contributed by atoms with Crippen LogP contribution in [0.5, 0.6) is 5.75 Å². The SMILES string of the molecule is O=C1Nc2ccc(CCCl)cc2C1=Cc1cc([N+](=O)[O-])cc(CCl)c1O. The van der Waals surface area contributed by atoms with Crippen molar-refractivity contribution in [2.24, 2.45) is 0 Å². The fraction of sp³-hybridized carbons (Fsp3) is 0.167. The van der Waals surface area contributed by atoms with Crippen LogP contribution >= 0.6 is 23.2 Å². The molecule has 134 valence electrons. The molecule has 2 aromatic carbocycles. The lowest BCUT2D eigenvalue weighted by Crippen LogP contribution is -2.03. The number of rotatable bonds is 5. The van der Waals surface area contributed by atoms with Gasteiger partial charge in [0.25, 0.3) is 11.6 Å². The van der Waals surface area contributed by atoms with Gasteiger partial charge in [-0.3, -0.25) is 14.9 Å². The fourth-order valence-corrected chi connectivity index (χ4v) is 3.24. The zero-order valence-corrected chi connectivity index (χ0v) is 15.0. The van der Waals surface area contributed by atoms with Crippen molar-refractivity contribution >= 4 is 52.1 Å². The summed E-state index contributed by atoms with van der Waals surface area (Å²) in [5.41, 5.74) is 2.76. The van der Waals surface area contributed by atoms with E-state index in [2.05, 4.69) is 5.32 Å². The lowest BCUT2D eigenvalue weighted by molar-refractivity contribution is -0.384. The Morgan fingerprint density at radius 2 is 2.00 bits per heavy atom. The van der Waals surface area contributed by atoms with Crippen LogP contribution < -0.4 is 5.32 Å². The van der Waals surface area contributed by atoms with Gasteiger partial charge in [-0.1, -0.05) is 6.07 Å². The normalized spacial score (nSPS) is 14.4. The number of phenols is 1. The molecule has 1 heterocycles. The van der Waals surface area contributed by atoms with Gasteiger partial charge in [-0.15, -0.1) is 23.2 Å². The van der Waals surface area contributed by atoms with Crippen molar-refractivity contribution in [2.75, 3.05) is 11.2 Å². The molecule has 8 heteroatoms. The summed E-state index contributed by atoms with van der Waals surface area (Å²) in [5.74, 6) is -0.173. The standard InChI is InChI=1S/C18H14Cl2N2O4/c19-4-3-10-1-2-16-14(5-10)15(18(24)21-16)8-11-6-13(22(25)26)7-12(9-20)17(11)23/h1-2,5-8,23H,3-4,9H2,(H,21,24). The van der Waals surface area contributed by atoms with Crippen LogP contribution in [-0.2, 0) is 17.1 Å². The van der Waals surface area contributed by atoms with Gasteiger partial charge in [-0.2, -0.15) is 0 Å². The summed E-state index contributed by atoms with van der Waals surface area (Å²) >= 11 is 11.5. The van der Waals surface area contributed by atoms with E-state index in [0.717, 1.165) is 5.56 Å². The molecule has 1 aliphatic heterocycles. The maximum absolute atomic E-state index is 12.3. The smallest absolute Gasteiger partial charge is 0.270 e. The molecular formula is C18H14Cl2N2O4. The number of anilines is 1. The van der Waals surface area contributed by atoms with E-state index in [1.165, 1.54) is 18.2 Å².